The molecule has 2 aliphatic rings. The predicted molar refractivity (Wildman–Crippen MR) is 92.6 cm³/mol. The van der Waals surface area contributed by atoms with Gasteiger partial charge in [0.1, 0.15) is 5.82 Å². The molecule has 1 aromatic carbocycles. The van der Waals surface area contributed by atoms with Crippen LogP contribution < -0.4 is 0 Å². The number of aromatic amines is 1. The molecule has 2 aliphatic heterocycles. The van der Waals surface area contributed by atoms with E-state index >= 15 is 0 Å². The number of hydrogen-bond donors (Lipinski definition) is 1. The van der Waals surface area contributed by atoms with Gasteiger partial charge in [0.15, 0.2) is 0 Å². The molecule has 6 heteroatoms. The molecule has 1 N–H and O–H groups in total. The smallest absolute Gasteiger partial charge is 0.230 e. The minimum absolute atomic E-state index is 0.0643. The third kappa shape index (κ3) is 2.86. The molecule has 2 aromatic rings. The van der Waals surface area contributed by atoms with E-state index in [2.05, 4.69) is 16.3 Å². The normalized spacial score (nSPS) is 23.5. The fourth-order valence-electron chi connectivity index (χ4n) is 3.44. The first kappa shape index (κ1) is 15.4. The molecule has 4 rings (SSSR count). The predicted octanol–water partition coefficient (Wildman–Crippen LogP) is 3.62. The molecule has 124 valence electrons. The van der Waals surface area contributed by atoms with Crippen molar-refractivity contribution in [1.29, 1.82) is 0 Å². The second kappa shape index (κ2) is 6.43. The summed E-state index contributed by atoms with van der Waals surface area (Å²) in [5.41, 5.74) is 2.05. The number of likely N-dealkylation sites (tertiary alicyclic amines) is 1. The van der Waals surface area contributed by atoms with E-state index in [0.29, 0.717) is 0 Å². The van der Waals surface area contributed by atoms with E-state index in [1.165, 1.54) is 12.1 Å². The maximum absolute atomic E-state index is 13.2. The molecule has 2 unspecified atom stereocenters. The van der Waals surface area contributed by atoms with E-state index in [9.17, 15) is 9.18 Å². The average molecular weight is 343 g/mol. The van der Waals surface area contributed by atoms with E-state index in [-0.39, 0.29) is 23.7 Å². The molecule has 1 aromatic heterocycles. The summed E-state index contributed by atoms with van der Waals surface area (Å²) >= 11 is 1.70. The molecule has 1 saturated heterocycles. The quantitative estimate of drug-likeness (QED) is 0.926. The molecule has 3 heterocycles. The van der Waals surface area contributed by atoms with Crippen LogP contribution in [0, 0.1) is 11.7 Å². The van der Waals surface area contributed by atoms with Gasteiger partial charge in [-0.1, -0.05) is 18.2 Å². The summed E-state index contributed by atoms with van der Waals surface area (Å²) in [7, 11) is 0. The Bertz CT molecular complexity index is 757. The number of hydrogen-bond acceptors (Lipinski definition) is 3. The summed E-state index contributed by atoms with van der Waals surface area (Å²) in [6, 6.07) is 6.59. The molecule has 1 amide bonds. The molecule has 4 nitrogen and oxygen atoms in total. The molecule has 0 saturated carbocycles. The summed E-state index contributed by atoms with van der Waals surface area (Å²) in [4.78, 5) is 16.1. The number of carbonyl (C=O) groups excluding carboxylic acids is 1. The summed E-state index contributed by atoms with van der Waals surface area (Å²) in [5, 5.41) is 6.78. The largest absolute Gasteiger partial charge is 0.335 e. The van der Waals surface area contributed by atoms with Gasteiger partial charge in [-0.15, -0.1) is 11.8 Å². The van der Waals surface area contributed by atoms with Crippen LogP contribution in [-0.2, 0) is 4.79 Å². The van der Waals surface area contributed by atoms with Crippen molar-refractivity contribution in [3.63, 3.8) is 0 Å². The Balaban J connectivity index is 1.52. The molecule has 24 heavy (non-hydrogen) atoms. The first-order valence-corrected chi connectivity index (χ1v) is 9.10. The lowest BCUT2D eigenvalue weighted by atomic mass is 10.0. The molecule has 0 radical (unpaired) electrons. The number of rotatable bonds is 3. The summed E-state index contributed by atoms with van der Waals surface area (Å²) in [6.45, 7) is 0.775. The summed E-state index contributed by atoms with van der Waals surface area (Å²) in [6.07, 6.45) is 7.62. The van der Waals surface area contributed by atoms with Crippen LogP contribution in [0.2, 0.25) is 0 Å². The van der Waals surface area contributed by atoms with Crippen LogP contribution in [0.1, 0.15) is 30.0 Å². The van der Waals surface area contributed by atoms with Crippen LogP contribution in [0.15, 0.2) is 42.7 Å². The number of thioether (sulfide) groups is 1. The van der Waals surface area contributed by atoms with Gasteiger partial charge in [-0.2, -0.15) is 5.10 Å². The van der Waals surface area contributed by atoms with E-state index < -0.39 is 0 Å². The topological polar surface area (TPSA) is 49.0 Å². The number of aromatic nitrogens is 2. The average Bonchev–Trinajstić information content (AvgIpc) is 3.34. The van der Waals surface area contributed by atoms with Crippen molar-refractivity contribution in [2.75, 3.05) is 12.3 Å². The van der Waals surface area contributed by atoms with E-state index in [0.717, 1.165) is 41.2 Å². The molecule has 1 fully saturated rings. The van der Waals surface area contributed by atoms with Crippen LogP contribution >= 0.6 is 11.8 Å². The maximum Gasteiger partial charge on any atom is 0.230 e. The molecular weight excluding hydrogens is 325 g/mol. The highest BCUT2D eigenvalue weighted by atomic mass is 32.2. The minimum atomic E-state index is -0.241. The van der Waals surface area contributed by atoms with Gasteiger partial charge < -0.3 is 4.90 Å². The van der Waals surface area contributed by atoms with Gasteiger partial charge in [0, 0.05) is 29.0 Å². The maximum atomic E-state index is 13.2. The summed E-state index contributed by atoms with van der Waals surface area (Å²) < 4.78 is 13.2. The number of amides is 1. The lowest BCUT2D eigenvalue weighted by Crippen LogP contribution is -2.35. The van der Waals surface area contributed by atoms with Gasteiger partial charge in [0.05, 0.1) is 18.2 Å². The summed E-state index contributed by atoms with van der Waals surface area (Å²) in [5.74, 6) is 0.606. The van der Waals surface area contributed by atoms with Crippen molar-refractivity contribution in [1.82, 2.24) is 15.1 Å². The Kier molecular flexibility index (Phi) is 4.14. The third-order valence-electron chi connectivity index (χ3n) is 4.66. The number of carbonyl (C=O) groups is 1. The number of nitrogens with one attached hydrogen (secondary N) is 1. The zero-order valence-corrected chi connectivity index (χ0v) is 13.9. The molecular formula is C18H18FN3OS. The van der Waals surface area contributed by atoms with Crippen LogP contribution in [0.4, 0.5) is 4.39 Å². The van der Waals surface area contributed by atoms with Crippen molar-refractivity contribution in [3.8, 4) is 0 Å². The zero-order chi connectivity index (χ0) is 16.5. The SMILES string of the molecule is O=C(C1C=C(c2cn[nH]c2)SC1)N1CCCC1c1ccc(F)cc1. The molecule has 0 spiro atoms. The van der Waals surface area contributed by atoms with Crippen molar-refractivity contribution in [2.24, 2.45) is 5.92 Å². The monoisotopic (exact) mass is 343 g/mol. The van der Waals surface area contributed by atoms with Crippen LogP contribution in [-0.4, -0.2) is 33.3 Å². The van der Waals surface area contributed by atoms with Gasteiger partial charge in [-0.25, -0.2) is 4.39 Å². The van der Waals surface area contributed by atoms with Crippen LogP contribution in [0.25, 0.3) is 4.91 Å². The van der Waals surface area contributed by atoms with Crippen molar-refractivity contribution in [2.45, 2.75) is 18.9 Å². The third-order valence-corrected chi connectivity index (χ3v) is 5.87. The molecule has 0 aliphatic carbocycles. The van der Waals surface area contributed by atoms with Gasteiger partial charge in [-0.3, -0.25) is 9.89 Å². The number of H-pyrrole nitrogens is 1. The Labute approximate surface area is 144 Å². The lowest BCUT2D eigenvalue weighted by Gasteiger charge is -2.27. The highest BCUT2D eigenvalue weighted by molar-refractivity contribution is 8.08. The Morgan fingerprint density at radius 2 is 2.17 bits per heavy atom. The van der Waals surface area contributed by atoms with Crippen LogP contribution in [0.5, 0.6) is 0 Å². The first-order chi connectivity index (χ1) is 11.7. The Morgan fingerprint density at radius 3 is 2.92 bits per heavy atom. The van der Waals surface area contributed by atoms with Gasteiger partial charge in [0.2, 0.25) is 5.91 Å². The Hall–Kier alpha value is -2.08. The number of halogens is 1. The van der Waals surface area contributed by atoms with Gasteiger partial charge in [0.25, 0.3) is 0 Å². The highest BCUT2D eigenvalue weighted by Gasteiger charge is 2.35. The second-order valence-electron chi connectivity index (χ2n) is 6.18. The molecule has 0 bridgehead atoms. The Morgan fingerprint density at radius 1 is 1.33 bits per heavy atom. The highest BCUT2D eigenvalue weighted by Crippen LogP contribution is 2.40. The molecule has 2 atom stereocenters. The van der Waals surface area contributed by atoms with E-state index in [1.54, 1.807) is 30.1 Å². The van der Waals surface area contributed by atoms with Crippen molar-refractivity contribution < 1.29 is 9.18 Å². The standard InChI is InChI=1S/C18H18FN3OS/c19-15-5-3-12(4-6-15)16-2-1-7-22(16)18(23)13-8-17(24-11-13)14-9-20-21-10-14/h3-6,8-10,13,16H,1-2,7,11H2,(H,20,21). The minimum Gasteiger partial charge on any atom is -0.335 e. The fourth-order valence-corrected chi connectivity index (χ4v) is 4.58. The van der Waals surface area contributed by atoms with Crippen LogP contribution in [0.3, 0.4) is 0 Å². The fraction of sp³-hybridized carbons (Fsp3) is 0.333. The van der Waals surface area contributed by atoms with Gasteiger partial charge in [-0.05, 0) is 30.5 Å². The van der Waals surface area contributed by atoms with Crippen molar-refractivity contribution >= 4 is 22.6 Å². The lowest BCUT2D eigenvalue weighted by molar-refractivity contribution is -0.134. The first-order valence-electron chi connectivity index (χ1n) is 8.12. The number of nitrogens with zero attached hydrogens (tertiary/aromatic N) is 2. The number of benzene rings is 1. The second-order valence-corrected chi connectivity index (χ2v) is 7.24. The zero-order valence-electron chi connectivity index (χ0n) is 13.1. The van der Waals surface area contributed by atoms with Gasteiger partial charge >= 0.3 is 0 Å². The van der Waals surface area contributed by atoms with E-state index in [4.69, 9.17) is 0 Å². The van der Waals surface area contributed by atoms with Crippen molar-refractivity contribution in [3.05, 3.63) is 59.7 Å². The van der Waals surface area contributed by atoms with E-state index in [1.807, 2.05) is 11.1 Å².